The number of nitrogens with zero attached hydrogens (tertiary/aromatic N) is 1. The van der Waals surface area contributed by atoms with Gasteiger partial charge in [0.25, 0.3) is 5.91 Å². The average Bonchev–Trinajstić information content (AvgIpc) is 1.65. The van der Waals surface area contributed by atoms with Crippen LogP contribution in [0.25, 0.3) is 4.85 Å². The van der Waals surface area contributed by atoms with Crippen molar-refractivity contribution in [2.75, 3.05) is 6.54 Å². The third-order valence-corrected chi connectivity index (χ3v) is 1.92. The third kappa shape index (κ3) is 2.82. The van der Waals surface area contributed by atoms with Gasteiger partial charge in [-0.05, 0) is 0 Å². The quantitative estimate of drug-likeness (QED) is 0.578. The molecule has 0 atom stereocenters. The van der Waals surface area contributed by atoms with E-state index in [0.717, 1.165) is 0 Å². The van der Waals surface area contributed by atoms with Gasteiger partial charge in [-0.3, -0.25) is 4.79 Å². The predicted molar refractivity (Wildman–Crippen MR) is 41.2 cm³/mol. The Hall–Kier alpha value is -0.0800. The first-order valence-electron chi connectivity index (χ1n) is 2.01. The van der Waals surface area contributed by atoms with E-state index in [1.165, 1.54) is 0 Å². The molecule has 0 aliphatic rings. The van der Waals surface area contributed by atoms with Crippen LogP contribution in [0.4, 0.5) is 0 Å². The predicted octanol–water partition coefficient (Wildman–Crippen LogP) is 0.877. The first-order valence-corrected chi connectivity index (χ1v) is 3.60. The summed E-state index contributed by atoms with van der Waals surface area (Å²) in [6, 6.07) is 0. The van der Waals surface area contributed by atoms with Crippen LogP contribution in [0.1, 0.15) is 0 Å². The maximum atomic E-state index is 10.4. The molecule has 0 bridgehead atoms. The Bertz CT molecular complexity index is 160. The minimum Gasteiger partial charge on any atom is -0.367 e. The number of nitrogens with two attached hydrogens (primary N) is 1. The van der Waals surface area contributed by atoms with Gasteiger partial charge < -0.3 is 10.6 Å². The highest BCUT2D eigenvalue weighted by Gasteiger charge is 2.33. The van der Waals surface area contributed by atoms with Crippen molar-refractivity contribution in [3.63, 3.8) is 0 Å². The molecule has 0 rings (SSSR count). The largest absolute Gasteiger partial charge is 0.367 e. The Kier molecular flexibility index (Phi) is 3.15. The van der Waals surface area contributed by atoms with E-state index in [2.05, 4.69) is 36.7 Å². The first kappa shape index (κ1) is 8.92. The van der Waals surface area contributed by atoms with Crippen LogP contribution in [-0.2, 0) is 4.79 Å². The van der Waals surface area contributed by atoms with Crippen LogP contribution < -0.4 is 5.73 Å². The van der Waals surface area contributed by atoms with E-state index in [-0.39, 0.29) is 6.54 Å². The number of hydrogen-bond donors (Lipinski definition) is 1. The topological polar surface area (TPSA) is 47.5 Å². The van der Waals surface area contributed by atoms with Gasteiger partial charge in [0.1, 0.15) is 0 Å². The van der Waals surface area contributed by atoms with Crippen molar-refractivity contribution in [3.8, 4) is 0 Å². The second-order valence-corrected chi connectivity index (χ2v) is 5.16. The zero-order valence-corrected chi connectivity index (χ0v) is 7.57. The molecule has 0 aromatic carbocycles. The normalized spacial score (nSPS) is 10.3. The van der Waals surface area contributed by atoms with Crippen LogP contribution in [0.3, 0.4) is 0 Å². The van der Waals surface area contributed by atoms with E-state index < -0.39 is 9.14 Å². The lowest BCUT2D eigenvalue weighted by Crippen LogP contribution is -2.34. The molecule has 3 nitrogen and oxygen atoms in total. The molecule has 0 unspecified atom stereocenters. The van der Waals surface area contributed by atoms with Crippen LogP contribution in [0.5, 0.6) is 0 Å². The van der Waals surface area contributed by atoms with Crippen LogP contribution in [0.2, 0.25) is 0 Å². The lowest BCUT2D eigenvalue weighted by molar-refractivity contribution is -0.117. The summed E-state index contributed by atoms with van der Waals surface area (Å²) in [5, 5.41) is 0. The maximum absolute atomic E-state index is 10.4. The number of hydrogen-bond acceptors (Lipinski definition) is 1. The van der Waals surface area contributed by atoms with Crippen molar-refractivity contribution in [1.82, 2.24) is 0 Å². The zero-order chi connectivity index (χ0) is 7.49. The third-order valence-electron chi connectivity index (χ3n) is 0.638. The van der Waals surface area contributed by atoms with Gasteiger partial charge in [-0.2, -0.15) is 0 Å². The Labute approximate surface area is 69.7 Å². The minimum absolute atomic E-state index is 0.00231. The van der Waals surface area contributed by atoms with Crippen molar-refractivity contribution < 1.29 is 4.79 Å². The number of carbonyl (C=O) groups is 1. The fourth-order valence-electron chi connectivity index (χ4n) is 0.177. The smallest absolute Gasteiger partial charge is 0.253 e. The molecular weight excluding hydrogens is 252 g/mol. The van der Waals surface area contributed by atoms with Crippen LogP contribution in [-0.4, -0.2) is 15.7 Å². The molecule has 5 heteroatoms. The van der Waals surface area contributed by atoms with Gasteiger partial charge in [-0.1, -0.05) is 31.9 Å². The molecule has 50 valence electrons. The number of halogens is 2. The number of rotatable bonds is 2. The van der Waals surface area contributed by atoms with E-state index in [9.17, 15) is 4.79 Å². The van der Waals surface area contributed by atoms with E-state index >= 15 is 0 Å². The molecule has 0 radical (unpaired) electrons. The molecule has 0 saturated carbocycles. The highest BCUT2D eigenvalue weighted by atomic mass is 79.9. The minimum atomic E-state index is -1.04. The number of amides is 1. The van der Waals surface area contributed by atoms with Gasteiger partial charge in [0, 0.05) is 0 Å². The molecule has 0 aliphatic carbocycles. The highest BCUT2D eigenvalue weighted by molar-refractivity contribution is 9.26. The monoisotopic (exact) mass is 254 g/mol. The molecule has 0 fully saturated rings. The van der Waals surface area contributed by atoms with E-state index in [1.54, 1.807) is 0 Å². The summed E-state index contributed by atoms with van der Waals surface area (Å²) in [4.78, 5) is 13.4. The lowest BCUT2D eigenvalue weighted by atomic mass is 10.4. The average molecular weight is 256 g/mol. The number of carbonyl (C=O) groups excluding carboxylic acids is 1. The second-order valence-electron chi connectivity index (χ2n) is 1.38. The Morgan fingerprint density at radius 2 is 2.22 bits per heavy atom. The lowest BCUT2D eigenvalue weighted by Gasteiger charge is -2.06. The molecule has 9 heavy (non-hydrogen) atoms. The molecule has 1 amide bonds. The fourth-order valence-corrected chi connectivity index (χ4v) is 0.428. The number of alkyl halides is 2. The van der Waals surface area contributed by atoms with Gasteiger partial charge in [-0.25, -0.2) is 6.57 Å². The molecule has 0 aromatic rings. The van der Waals surface area contributed by atoms with Crippen LogP contribution in [0, 0.1) is 6.57 Å². The van der Waals surface area contributed by atoms with Crippen LogP contribution >= 0.6 is 31.9 Å². The highest BCUT2D eigenvalue weighted by Crippen LogP contribution is 2.25. The SMILES string of the molecule is [C-]#[N+]CC(Br)(Br)C(N)=O. The molecule has 0 saturated heterocycles. The van der Waals surface area contributed by atoms with Gasteiger partial charge in [-0.15, -0.1) is 0 Å². The van der Waals surface area contributed by atoms with E-state index in [0.29, 0.717) is 0 Å². The molecule has 0 aromatic heterocycles. The Morgan fingerprint density at radius 3 is 2.33 bits per heavy atom. The molecular formula is C4H4Br2N2O. The number of primary amides is 1. The molecule has 0 heterocycles. The van der Waals surface area contributed by atoms with Crippen molar-refractivity contribution in [3.05, 3.63) is 11.4 Å². The van der Waals surface area contributed by atoms with Crippen molar-refractivity contribution in [2.45, 2.75) is 3.23 Å². The van der Waals surface area contributed by atoms with Gasteiger partial charge in [0.2, 0.25) is 9.78 Å². The molecule has 0 spiro atoms. The second kappa shape index (κ2) is 3.18. The van der Waals surface area contributed by atoms with Crippen LogP contribution in [0.15, 0.2) is 0 Å². The maximum Gasteiger partial charge on any atom is 0.253 e. The summed E-state index contributed by atoms with van der Waals surface area (Å²) in [7, 11) is 0. The summed E-state index contributed by atoms with van der Waals surface area (Å²) in [5.41, 5.74) is 4.88. The van der Waals surface area contributed by atoms with Crippen molar-refractivity contribution >= 4 is 37.8 Å². The Balaban J connectivity index is 4.06. The van der Waals surface area contributed by atoms with Crippen molar-refractivity contribution in [1.29, 1.82) is 0 Å². The molecule has 2 N–H and O–H groups in total. The van der Waals surface area contributed by atoms with Crippen molar-refractivity contribution in [2.24, 2.45) is 5.73 Å². The standard InChI is InChI=1S/C4H4Br2N2O/c1-8-2-4(5,6)3(7)9/h2H2,(H2,7,9). The fraction of sp³-hybridized carbons (Fsp3) is 0.500. The summed E-state index contributed by atoms with van der Waals surface area (Å²) in [6.07, 6.45) is 0. The Morgan fingerprint density at radius 1 is 1.78 bits per heavy atom. The van der Waals surface area contributed by atoms with Gasteiger partial charge >= 0.3 is 0 Å². The first-order chi connectivity index (χ1) is 4.00. The molecule has 0 aliphatic heterocycles. The summed E-state index contributed by atoms with van der Waals surface area (Å²) < 4.78 is -1.04. The van der Waals surface area contributed by atoms with E-state index in [4.69, 9.17) is 12.3 Å². The van der Waals surface area contributed by atoms with Gasteiger partial charge in [0.05, 0.1) is 0 Å². The van der Waals surface area contributed by atoms with E-state index in [1.807, 2.05) is 0 Å². The van der Waals surface area contributed by atoms with Gasteiger partial charge in [0.15, 0.2) is 0 Å². The summed E-state index contributed by atoms with van der Waals surface area (Å²) in [6.45, 7) is 6.41. The zero-order valence-electron chi connectivity index (χ0n) is 4.40. The summed E-state index contributed by atoms with van der Waals surface area (Å²) in [5.74, 6) is -0.585. The summed E-state index contributed by atoms with van der Waals surface area (Å²) >= 11 is 5.87.